The highest BCUT2D eigenvalue weighted by Gasteiger charge is 2.36. The Balaban J connectivity index is 1.98. The first-order chi connectivity index (χ1) is 11.5. The van der Waals surface area contributed by atoms with Crippen LogP contribution in [0.2, 0.25) is 0 Å². The summed E-state index contributed by atoms with van der Waals surface area (Å²) < 4.78 is 10.7. The van der Waals surface area contributed by atoms with Crippen molar-refractivity contribution >= 4 is 11.9 Å². The standard InChI is InChI=1S/C18H25NO5/c1-18(8-5-9-24-12-18)17(22)19-11-14(16(20)21)10-13-6-3-4-7-15(13)23-2/h3-4,6-7,14H,5,8-12H2,1-2H3,(H,19,22)(H,20,21). The van der Waals surface area contributed by atoms with E-state index < -0.39 is 17.3 Å². The molecule has 0 saturated carbocycles. The molecule has 1 amide bonds. The lowest BCUT2D eigenvalue weighted by Gasteiger charge is -2.32. The molecule has 0 spiro atoms. The van der Waals surface area contributed by atoms with Gasteiger partial charge in [0.1, 0.15) is 5.75 Å². The number of rotatable bonds is 7. The predicted molar refractivity (Wildman–Crippen MR) is 89.0 cm³/mol. The number of nitrogens with one attached hydrogen (secondary N) is 1. The van der Waals surface area contributed by atoms with Gasteiger partial charge in [-0.1, -0.05) is 18.2 Å². The Kier molecular flexibility index (Phi) is 6.20. The summed E-state index contributed by atoms with van der Waals surface area (Å²) in [4.78, 5) is 24.0. The van der Waals surface area contributed by atoms with E-state index in [0.29, 0.717) is 25.4 Å². The Labute approximate surface area is 142 Å². The molecule has 1 saturated heterocycles. The molecule has 2 atom stereocenters. The van der Waals surface area contributed by atoms with Gasteiger partial charge in [0.15, 0.2) is 0 Å². The summed E-state index contributed by atoms with van der Waals surface area (Å²) in [5, 5.41) is 12.3. The number of aliphatic carboxylic acids is 1. The Hall–Kier alpha value is -2.08. The summed E-state index contributed by atoms with van der Waals surface area (Å²) >= 11 is 0. The van der Waals surface area contributed by atoms with Gasteiger partial charge in [0, 0.05) is 13.2 Å². The van der Waals surface area contributed by atoms with Gasteiger partial charge in [0.2, 0.25) is 5.91 Å². The lowest BCUT2D eigenvalue weighted by atomic mass is 9.83. The highest BCUT2D eigenvalue weighted by atomic mass is 16.5. The minimum absolute atomic E-state index is 0.0851. The molecule has 1 aliphatic heterocycles. The summed E-state index contributed by atoms with van der Waals surface area (Å²) in [7, 11) is 1.56. The SMILES string of the molecule is COc1ccccc1CC(CNC(=O)C1(C)CCCOC1)C(=O)O. The number of para-hydroxylation sites is 1. The number of carboxylic acid groups (broad SMARTS) is 1. The zero-order valence-electron chi connectivity index (χ0n) is 14.2. The van der Waals surface area contributed by atoms with Crippen LogP contribution in [0.4, 0.5) is 0 Å². The molecule has 1 aromatic rings. The van der Waals surface area contributed by atoms with Crippen molar-refractivity contribution in [3.05, 3.63) is 29.8 Å². The van der Waals surface area contributed by atoms with E-state index in [1.165, 1.54) is 0 Å². The quantitative estimate of drug-likeness (QED) is 0.795. The molecule has 0 radical (unpaired) electrons. The van der Waals surface area contributed by atoms with Gasteiger partial charge >= 0.3 is 5.97 Å². The number of carbonyl (C=O) groups is 2. The first-order valence-corrected chi connectivity index (χ1v) is 8.17. The highest BCUT2D eigenvalue weighted by Crippen LogP contribution is 2.28. The van der Waals surface area contributed by atoms with E-state index >= 15 is 0 Å². The summed E-state index contributed by atoms with van der Waals surface area (Å²) in [6.07, 6.45) is 1.89. The van der Waals surface area contributed by atoms with Crippen molar-refractivity contribution in [3.8, 4) is 5.75 Å². The lowest BCUT2D eigenvalue weighted by molar-refractivity contribution is -0.142. The average Bonchev–Trinajstić information content (AvgIpc) is 2.59. The van der Waals surface area contributed by atoms with Gasteiger partial charge in [0.25, 0.3) is 0 Å². The van der Waals surface area contributed by atoms with Crippen LogP contribution in [-0.4, -0.2) is 43.9 Å². The molecular formula is C18H25NO5. The number of hydrogen-bond donors (Lipinski definition) is 2. The molecule has 1 fully saturated rings. The van der Waals surface area contributed by atoms with Crippen LogP contribution in [0.5, 0.6) is 5.75 Å². The maximum absolute atomic E-state index is 12.4. The molecule has 1 aromatic carbocycles. The van der Waals surface area contributed by atoms with E-state index in [4.69, 9.17) is 9.47 Å². The van der Waals surface area contributed by atoms with Crippen molar-refractivity contribution in [2.75, 3.05) is 26.9 Å². The van der Waals surface area contributed by atoms with E-state index in [2.05, 4.69) is 5.32 Å². The van der Waals surface area contributed by atoms with Crippen LogP contribution in [0.1, 0.15) is 25.3 Å². The number of carbonyl (C=O) groups excluding carboxylic acids is 1. The zero-order valence-corrected chi connectivity index (χ0v) is 14.2. The molecule has 0 aromatic heterocycles. The Morgan fingerprint density at radius 1 is 1.42 bits per heavy atom. The second-order valence-electron chi connectivity index (χ2n) is 6.48. The van der Waals surface area contributed by atoms with Gasteiger partial charge in [-0.15, -0.1) is 0 Å². The topological polar surface area (TPSA) is 84.9 Å². The number of benzene rings is 1. The monoisotopic (exact) mass is 335 g/mol. The van der Waals surface area contributed by atoms with Gasteiger partial charge in [-0.25, -0.2) is 0 Å². The maximum atomic E-state index is 12.4. The van der Waals surface area contributed by atoms with Gasteiger partial charge in [-0.05, 0) is 37.8 Å². The Morgan fingerprint density at radius 3 is 2.79 bits per heavy atom. The van der Waals surface area contributed by atoms with Gasteiger partial charge in [0.05, 0.1) is 25.0 Å². The van der Waals surface area contributed by atoms with Crippen molar-refractivity contribution < 1.29 is 24.2 Å². The van der Waals surface area contributed by atoms with Crippen LogP contribution in [0.3, 0.4) is 0 Å². The molecule has 0 aliphatic carbocycles. The van der Waals surface area contributed by atoms with Crippen LogP contribution in [0, 0.1) is 11.3 Å². The minimum Gasteiger partial charge on any atom is -0.496 e. The van der Waals surface area contributed by atoms with Crippen molar-refractivity contribution in [3.63, 3.8) is 0 Å². The molecular weight excluding hydrogens is 310 g/mol. The van der Waals surface area contributed by atoms with E-state index in [1.807, 2.05) is 25.1 Å². The first kappa shape index (κ1) is 18.3. The predicted octanol–water partition coefficient (Wildman–Crippen LogP) is 1.87. The molecule has 6 heteroatoms. The zero-order chi connectivity index (χ0) is 17.6. The molecule has 2 unspecified atom stereocenters. The summed E-state index contributed by atoms with van der Waals surface area (Å²) in [6.45, 7) is 3.00. The Morgan fingerprint density at radius 2 is 2.17 bits per heavy atom. The third-order valence-electron chi connectivity index (χ3n) is 4.50. The third-order valence-corrected chi connectivity index (χ3v) is 4.50. The van der Waals surface area contributed by atoms with E-state index in [9.17, 15) is 14.7 Å². The number of carboxylic acids is 1. The summed E-state index contributed by atoms with van der Waals surface area (Å²) in [5.41, 5.74) is 0.236. The number of hydrogen-bond acceptors (Lipinski definition) is 4. The van der Waals surface area contributed by atoms with Gasteiger partial charge < -0.3 is 19.9 Å². The molecule has 1 heterocycles. The molecule has 132 valence electrons. The number of ether oxygens (including phenoxy) is 2. The fourth-order valence-corrected chi connectivity index (χ4v) is 2.93. The van der Waals surface area contributed by atoms with Crippen molar-refractivity contribution in [1.82, 2.24) is 5.32 Å². The first-order valence-electron chi connectivity index (χ1n) is 8.17. The second kappa shape index (κ2) is 8.15. The molecule has 24 heavy (non-hydrogen) atoms. The molecule has 2 N–H and O–H groups in total. The number of amides is 1. The summed E-state index contributed by atoms with van der Waals surface area (Å²) in [5.74, 6) is -1.14. The smallest absolute Gasteiger partial charge is 0.308 e. The number of methoxy groups -OCH3 is 1. The summed E-state index contributed by atoms with van der Waals surface area (Å²) in [6, 6.07) is 7.32. The fraction of sp³-hybridized carbons (Fsp3) is 0.556. The minimum atomic E-state index is -0.939. The Bertz CT molecular complexity index is 581. The molecule has 2 rings (SSSR count). The van der Waals surface area contributed by atoms with Crippen LogP contribution in [-0.2, 0) is 20.7 Å². The molecule has 6 nitrogen and oxygen atoms in total. The average molecular weight is 335 g/mol. The van der Waals surface area contributed by atoms with E-state index in [-0.39, 0.29) is 12.5 Å². The fourth-order valence-electron chi connectivity index (χ4n) is 2.93. The van der Waals surface area contributed by atoms with Crippen LogP contribution in [0.15, 0.2) is 24.3 Å². The van der Waals surface area contributed by atoms with Crippen molar-refractivity contribution in [2.45, 2.75) is 26.2 Å². The largest absolute Gasteiger partial charge is 0.496 e. The molecule has 0 bridgehead atoms. The third kappa shape index (κ3) is 4.47. The van der Waals surface area contributed by atoms with E-state index in [0.717, 1.165) is 18.4 Å². The van der Waals surface area contributed by atoms with Crippen LogP contribution < -0.4 is 10.1 Å². The molecule has 1 aliphatic rings. The normalized spacial score (nSPS) is 21.8. The van der Waals surface area contributed by atoms with Gasteiger partial charge in [-0.3, -0.25) is 9.59 Å². The van der Waals surface area contributed by atoms with Crippen molar-refractivity contribution in [1.29, 1.82) is 0 Å². The lowest BCUT2D eigenvalue weighted by Crippen LogP contribution is -2.46. The van der Waals surface area contributed by atoms with Gasteiger partial charge in [-0.2, -0.15) is 0 Å². The van der Waals surface area contributed by atoms with Crippen molar-refractivity contribution in [2.24, 2.45) is 11.3 Å². The van der Waals surface area contributed by atoms with E-state index in [1.54, 1.807) is 13.2 Å². The second-order valence-corrected chi connectivity index (χ2v) is 6.48. The van der Waals surface area contributed by atoms with Crippen LogP contribution in [0.25, 0.3) is 0 Å². The highest BCUT2D eigenvalue weighted by molar-refractivity contribution is 5.83. The maximum Gasteiger partial charge on any atom is 0.308 e. The van der Waals surface area contributed by atoms with Crippen LogP contribution >= 0.6 is 0 Å².